The molecule has 27 heavy (non-hydrogen) atoms. The number of benzene rings is 1. The largest absolute Gasteiger partial charge is 0.468 e. The minimum absolute atomic E-state index is 0. The molecule has 2 heterocycles. The van der Waals surface area contributed by atoms with Gasteiger partial charge in [-0.05, 0) is 61.8 Å². The number of rotatable bonds is 6. The van der Waals surface area contributed by atoms with Gasteiger partial charge in [0.1, 0.15) is 11.6 Å². The molecule has 1 saturated heterocycles. The predicted molar refractivity (Wildman–Crippen MR) is 120 cm³/mol. The molecule has 5 nitrogen and oxygen atoms in total. The van der Waals surface area contributed by atoms with Crippen molar-refractivity contribution in [2.45, 2.75) is 25.4 Å². The van der Waals surface area contributed by atoms with Crippen molar-refractivity contribution >= 4 is 45.9 Å². The van der Waals surface area contributed by atoms with Crippen molar-refractivity contribution < 1.29 is 8.81 Å². The molecule has 0 bridgehead atoms. The first-order chi connectivity index (χ1) is 12.7. The van der Waals surface area contributed by atoms with Crippen molar-refractivity contribution in [1.29, 1.82) is 0 Å². The van der Waals surface area contributed by atoms with E-state index in [9.17, 15) is 4.39 Å². The molecule has 0 amide bonds. The molecule has 0 aliphatic carbocycles. The normalized spacial score (nSPS) is 16.0. The second kappa shape index (κ2) is 11.0. The topological polar surface area (TPSA) is 52.8 Å². The summed E-state index contributed by atoms with van der Waals surface area (Å²) in [5.41, 5.74) is 0.843. The number of hydrogen-bond donors (Lipinski definition) is 2. The molecule has 1 aliphatic heterocycles. The van der Waals surface area contributed by atoms with Gasteiger partial charge < -0.3 is 15.1 Å². The van der Waals surface area contributed by atoms with E-state index in [4.69, 9.17) is 4.42 Å². The van der Waals surface area contributed by atoms with Crippen LogP contribution < -0.4 is 10.6 Å². The van der Waals surface area contributed by atoms with Gasteiger partial charge in [0.15, 0.2) is 5.96 Å². The molecule has 1 aliphatic rings. The molecule has 1 unspecified atom stereocenters. The van der Waals surface area contributed by atoms with Crippen LogP contribution in [-0.4, -0.2) is 37.5 Å². The number of nitrogens with one attached hydrogen (secondary N) is 2. The Morgan fingerprint density at radius 1 is 1.30 bits per heavy atom. The predicted octanol–water partition coefficient (Wildman–Crippen LogP) is 4.30. The van der Waals surface area contributed by atoms with Crippen molar-refractivity contribution in [2.75, 3.05) is 26.7 Å². The van der Waals surface area contributed by atoms with Crippen LogP contribution in [0, 0.1) is 5.82 Å². The van der Waals surface area contributed by atoms with Gasteiger partial charge in [-0.15, -0.1) is 24.0 Å². The number of nitrogens with zero attached hydrogens (tertiary/aromatic N) is 2. The molecule has 2 aromatic rings. The lowest BCUT2D eigenvalue weighted by molar-refractivity contribution is 0.215. The van der Waals surface area contributed by atoms with Crippen molar-refractivity contribution in [3.05, 3.63) is 58.2 Å². The Balaban J connectivity index is 0.00000261. The quantitative estimate of drug-likeness (QED) is 0.320. The van der Waals surface area contributed by atoms with Gasteiger partial charge in [0.2, 0.25) is 0 Å². The smallest absolute Gasteiger partial charge is 0.191 e. The number of guanidine groups is 1. The van der Waals surface area contributed by atoms with Crippen molar-refractivity contribution in [3.8, 4) is 0 Å². The highest BCUT2D eigenvalue weighted by molar-refractivity contribution is 14.0. The zero-order valence-corrected chi connectivity index (χ0v) is 19.2. The van der Waals surface area contributed by atoms with Crippen LogP contribution in [0.5, 0.6) is 0 Å². The first-order valence-electron chi connectivity index (χ1n) is 8.83. The van der Waals surface area contributed by atoms with Crippen molar-refractivity contribution in [2.24, 2.45) is 4.99 Å². The number of aliphatic imine (C=N–C) groups is 1. The minimum Gasteiger partial charge on any atom is -0.468 e. The van der Waals surface area contributed by atoms with Crippen LogP contribution in [0.4, 0.5) is 4.39 Å². The number of hydrogen-bond acceptors (Lipinski definition) is 3. The minimum atomic E-state index is -0.250. The van der Waals surface area contributed by atoms with Gasteiger partial charge in [0.05, 0.1) is 12.3 Å². The summed E-state index contributed by atoms with van der Waals surface area (Å²) in [6.07, 6.45) is 4.16. The first-order valence-corrected chi connectivity index (χ1v) is 9.62. The van der Waals surface area contributed by atoms with Gasteiger partial charge in [-0.2, -0.15) is 0 Å². The van der Waals surface area contributed by atoms with E-state index in [-0.39, 0.29) is 35.8 Å². The molecule has 0 saturated carbocycles. The molecule has 148 valence electrons. The molecule has 1 fully saturated rings. The number of furan rings is 1. The summed E-state index contributed by atoms with van der Waals surface area (Å²) in [5.74, 6) is 1.39. The highest BCUT2D eigenvalue weighted by atomic mass is 127. The molecule has 1 aromatic carbocycles. The van der Waals surface area contributed by atoms with Crippen LogP contribution in [-0.2, 0) is 6.54 Å². The third-order valence-corrected chi connectivity index (χ3v) is 5.37. The fourth-order valence-corrected chi connectivity index (χ4v) is 3.60. The standard InChI is InChI=1S/C19H24BrFN4O.HI/c1-22-19(23-12-14-11-15(21)6-7-16(14)20)24-13-17(18-5-4-10-26-18)25-8-2-3-9-25;/h4-7,10-11,17H,2-3,8-9,12-13H2,1H3,(H2,22,23,24);1H. The summed E-state index contributed by atoms with van der Waals surface area (Å²) >= 11 is 3.45. The van der Waals surface area contributed by atoms with Crippen LogP contribution in [0.3, 0.4) is 0 Å². The van der Waals surface area contributed by atoms with E-state index >= 15 is 0 Å². The van der Waals surface area contributed by atoms with E-state index in [1.54, 1.807) is 19.4 Å². The molecule has 1 atom stereocenters. The third-order valence-electron chi connectivity index (χ3n) is 4.59. The van der Waals surface area contributed by atoms with Gasteiger partial charge in [-0.1, -0.05) is 15.9 Å². The van der Waals surface area contributed by atoms with E-state index in [1.165, 1.54) is 25.0 Å². The lowest BCUT2D eigenvalue weighted by Crippen LogP contribution is -2.42. The van der Waals surface area contributed by atoms with Crippen molar-refractivity contribution in [1.82, 2.24) is 15.5 Å². The van der Waals surface area contributed by atoms with E-state index in [1.807, 2.05) is 12.1 Å². The van der Waals surface area contributed by atoms with Crippen molar-refractivity contribution in [3.63, 3.8) is 0 Å². The first kappa shape index (κ1) is 22.2. The lowest BCUT2D eigenvalue weighted by atomic mass is 10.2. The van der Waals surface area contributed by atoms with E-state index in [2.05, 4.69) is 36.5 Å². The van der Waals surface area contributed by atoms with E-state index in [0.29, 0.717) is 19.0 Å². The van der Waals surface area contributed by atoms with Gasteiger partial charge in [0, 0.05) is 24.6 Å². The second-order valence-electron chi connectivity index (χ2n) is 6.32. The maximum Gasteiger partial charge on any atom is 0.191 e. The monoisotopic (exact) mass is 550 g/mol. The summed E-state index contributed by atoms with van der Waals surface area (Å²) in [4.78, 5) is 6.70. The van der Waals surface area contributed by atoms with Gasteiger partial charge in [0.25, 0.3) is 0 Å². The summed E-state index contributed by atoms with van der Waals surface area (Å²) in [6.45, 7) is 3.33. The Morgan fingerprint density at radius 3 is 2.74 bits per heavy atom. The Kier molecular flexibility index (Phi) is 9.04. The molecule has 1 aromatic heterocycles. The Hall–Kier alpha value is -1.13. The molecule has 3 rings (SSSR count). The molecule has 8 heteroatoms. The summed E-state index contributed by atoms with van der Waals surface area (Å²) in [5, 5.41) is 6.61. The molecule has 2 N–H and O–H groups in total. The van der Waals surface area contributed by atoms with Crippen LogP contribution in [0.1, 0.15) is 30.2 Å². The van der Waals surface area contributed by atoms with Gasteiger partial charge >= 0.3 is 0 Å². The summed E-state index contributed by atoms with van der Waals surface area (Å²) in [6, 6.07) is 8.78. The zero-order valence-electron chi connectivity index (χ0n) is 15.3. The molecule has 0 radical (unpaired) electrons. The molecular weight excluding hydrogens is 526 g/mol. The van der Waals surface area contributed by atoms with Gasteiger partial charge in [-0.25, -0.2) is 4.39 Å². The lowest BCUT2D eigenvalue weighted by Gasteiger charge is -2.26. The summed E-state index contributed by atoms with van der Waals surface area (Å²) in [7, 11) is 1.73. The van der Waals surface area contributed by atoms with E-state index < -0.39 is 0 Å². The maximum absolute atomic E-state index is 13.4. The van der Waals surface area contributed by atoms with E-state index in [0.717, 1.165) is 28.9 Å². The van der Waals surface area contributed by atoms with Crippen LogP contribution in [0.25, 0.3) is 0 Å². The summed E-state index contributed by atoms with van der Waals surface area (Å²) < 4.78 is 19.9. The Morgan fingerprint density at radius 2 is 2.07 bits per heavy atom. The molecular formula is C19H25BrFIN4O. The fourth-order valence-electron chi connectivity index (χ4n) is 3.22. The average Bonchev–Trinajstić information content (AvgIpc) is 3.35. The van der Waals surface area contributed by atoms with Crippen LogP contribution >= 0.6 is 39.9 Å². The highest BCUT2D eigenvalue weighted by Crippen LogP contribution is 2.24. The van der Waals surface area contributed by atoms with Crippen LogP contribution in [0.15, 0.2) is 50.5 Å². The SMILES string of the molecule is CN=C(NCc1cc(F)ccc1Br)NCC(c1ccco1)N1CCCC1.I. The maximum atomic E-state index is 13.4. The number of likely N-dealkylation sites (tertiary alicyclic amines) is 1. The number of halogens is 3. The van der Waals surface area contributed by atoms with Crippen LogP contribution in [0.2, 0.25) is 0 Å². The van der Waals surface area contributed by atoms with Gasteiger partial charge in [-0.3, -0.25) is 9.89 Å². The second-order valence-corrected chi connectivity index (χ2v) is 7.17. The average molecular weight is 551 g/mol. The Labute approximate surface area is 184 Å². The third kappa shape index (κ3) is 6.18. The fraction of sp³-hybridized carbons (Fsp3) is 0.421. The zero-order chi connectivity index (χ0) is 18.4. The Bertz CT molecular complexity index is 735. The molecule has 0 spiro atoms. The highest BCUT2D eigenvalue weighted by Gasteiger charge is 2.25.